The van der Waals surface area contributed by atoms with Gasteiger partial charge in [-0.05, 0) is 86.9 Å². The number of hydrogen-bond donors (Lipinski definition) is 2. The molecule has 6 aliphatic rings. The van der Waals surface area contributed by atoms with E-state index >= 15 is 13.6 Å². The lowest BCUT2D eigenvalue weighted by Crippen LogP contribution is -2.81. The van der Waals surface area contributed by atoms with Gasteiger partial charge in [0, 0.05) is 110 Å². The molecule has 2 saturated heterocycles. The van der Waals surface area contributed by atoms with Crippen molar-refractivity contribution in [3.05, 3.63) is 70.4 Å². The summed E-state index contributed by atoms with van der Waals surface area (Å²) in [6.45, 7) is 6.87. The van der Waals surface area contributed by atoms with Crippen LogP contribution < -0.4 is 9.64 Å². The van der Waals surface area contributed by atoms with Gasteiger partial charge in [0.25, 0.3) is 0 Å². The van der Waals surface area contributed by atoms with E-state index in [9.17, 15) is 14.7 Å². The Hall–Kier alpha value is -5.01. The van der Waals surface area contributed by atoms with E-state index in [4.69, 9.17) is 23.7 Å². The first-order valence-corrected chi connectivity index (χ1v) is 22.7. The molecular weight excluding hydrogens is 839 g/mol. The summed E-state index contributed by atoms with van der Waals surface area (Å²) < 4.78 is 60.1. The molecular formula is C50H60F2N4O9. The first-order chi connectivity index (χ1) is 31.0. The zero-order chi connectivity index (χ0) is 46.4. The van der Waals surface area contributed by atoms with Gasteiger partial charge in [0.15, 0.2) is 6.10 Å². The topological polar surface area (TPSA) is 143 Å². The number of carbonyl (C=O) groups excluding carboxylic acids is 3. The number of esters is 3. The quantitative estimate of drug-likeness (QED) is 0.134. The van der Waals surface area contributed by atoms with Crippen LogP contribution in [-0.2, 0) is 50.6 Å². The molecule has 3 fully saturated rings. The summed E-state index contributed by atoms with van der Waals surface area (Å²) >= 11 is 0. The summed E-state index contributed by atoms with van der Waals surface area (Å²) in [5, 5.41) is 14.2. The van der Waals surface area contributed by atoms with Gasteiger partial charge in [0.2, 0.25) is 11.5 Å². The van der Waals surface area contributed by atoms with E-state index in [0.717, 1.165) is 34.5 Å². The number of nitrogens with one attached hydrogen (secondary N) is 1. The third kappa shape index (κ3) is 6.40. The second-order valence-electron chi connectivity index (χ2n) is 19.3. The zero-order valence-electron chi connectivity index (χ0n) is 38.5. The van der Waals surface area contributed by atoms with Crippen LogP contribution in [0.2, 0.25) is 0 Å². The van der Waals surface area contributed by atoms with Crippen LogP contribution in [0, 0.1) is 29.1 Å². The van der Waals surface area contributed by atoms with Crippen molar-refractivity contribution in [3.63, 3.8) is 0 Å². The number of likely N-dealkylation sites (N-methyl/N-ethyl adjacent to an activating group) is 1. The van der Waals surface area contributed by atoms with Crippen molar-refractivity contribution in [2.45, 2.75) is 93.4 Å². The molecule has 0 amide bonds. The summed E-state index contributed by atoms with van der Waals surface area (Å²) in [6, 6.07) is 8.35. The van der Waals surface area contributed by atoms with Crippen LogP contribution in [0.15, 0.2) is 42.5 Å². The minimum Gasteiger partial charge on any atom is -0.496 e. The molecule has 13 nitrogen and oxygen atoms in total. The number of hydrogen-bond acceptors (Lipinski definition) is 12. The normalized spacial score (nSPS) is 33.6. The van der Waals surface area contributed by atoms with Crippen LogP contribution in [0.1, 0.15) is 74.4 Å². The SMILES string of the molecule is CC[C@]12C=CCN3CC[C@@]4(c5cc([C@@]6(C(=O)OC)CC7CC(C(C)(F)F)CN(CCc8c6[nH]c6ccc(C#CCOC)cc86)C7)c(OC)cc5N(C)C4[C@@](O)(C(=O)OC)[C@@H]1OC(C)=O)C32. The Balaban J connectivity index is 1.36. The molecule has 348 valence electrons. The van der Waals surface area contributed by atoms with Crippen molar-refractivity contribution in [2.24, 2.45) is 17.3 Å². The van der Waals surface area contributed by atoms with Crippen LogP contribution in [0.4, 0.5) is 14.5 Å². The number of carbonyl (C=O) groups is 3. The highest BCUT2D eigenvalue weighted by Crippen LogP contribution is 2.68. The second-order valence-corrected chi connectivity index (χ2v) is 19.3. The molecule has 1 spiro atoms. The number of piperidine rings is 1. The number of aromatic nitrogens is 1. The summed E-state index contributed by atoms with van der Waals surface area (Å²) in [5.41, 5.74) is -1.17. The van der Waals surface area contributed by atoms with E-state index in [-0.39, 0.29) is 38.0 Å². The van der Waals surface area contributed by atoms with Crippen molar-refractivity contribution in [1.29, 1.82) is 0 Å². The molecule has 15 heteroatoms. The lowest BCUT2D eigenvalue weighted by molar-refractivity contribution is -0.228. The predicted octanol–water partition coefficient (Wildman–Crippen LogP) is 5.12. The van der Waals surface area contributed by atoms with Gasteiger partial charge in [-0.2, -0.15) is 0 Å². The minimum atomic E-state index is -2.96. The van der Waals surface area contributed by atoms with Crippen LogP contribution in [0.5, 0.6) is 5.75 Å². The molecule has 1 aromatic heterocycles. The molecule has 10 atom stereocenters. The van der Waals surface area contributed by atoms with Crippen LogP contribution >= 0.6 is 0 Å². The van der Waals surface area contributed by atoms with Gasteiger partial charge in [-0.25, -0.2) is 13.6 Å². The average Bonchev–Trinajstić information content (AvgIpc) is 3.94. The van der Waals surface area contributed by atoms with Gasteiger partial charge >= 0.3 is 17.9 Å². The number of methoxy groups -OCH3 is 4. The van der Waals surface area contributed by atoms with E-state index in [2.05, 4.69) is 26.6 Å². The fourth-order valence-corrected chi connectivity index (χ4v) is 13.8. The van der Waals surface area contributed by atoms with Gasteiger partial charge in [0.1, 0.15) is 17.8 Å². The molecule has 0 radical (unpaired) electrons. The van der Waals surface area contributed by atoms with E-state index in [1.54, 1.807) is 7.11 Å². The maximum Gasteiger partial charge on any atom is 0.344 e. The van der Waals surface area contributed by atoms with Crippen LogP contribution in [0.3, 0.4) is 0 Å². The fraction of sp³-hybridized carbons (Fsp3) is 0.580. The van der Waals surface area contributed by atoms with Gasteiger partial charge in [-0.3, -0.25) is 14.5 Å². The van der Waals surface area contributed by atoms with E-state index in [1.165, 1.54) is 28.3 Å². The molecule has 6 heterocycles. The van der Waals surface area contributed by atoms with Crippen molar-refractivity contribution in [3.8, 4) is 17.6 Å². The number of nitrogens with zero attached hydrogens (tertiary/aromatic N) is 3. The average molecular weight is 899 g/mol. The monoisotopic (exact) mass is 898 g/mol. The highest BCUT2D eigenvalue weighted by Gasteiger charge is 2.80. The van der Waals surface area contributed by atoms with Gasteiger partial charge < -0.3 is 43.6 Å². The standard InChI is InChI=1S/C50H60F2N4O9/c1-9-47-16-11-18-56-20-17-48(41(47)56)35-24-36(39(62-6)25-38(35)54(4)42(48)50(60,45(59)64-8)43(47)65-29(2)57)49(44(58)63-7)26-31-22-32(46(3,51)52)28-55(27-31)19-15-33-34-23-30(12-10-21-61-5)13-14-37(34)53-40(33)49/h11,13-14,16,23-25,31-32,41-43,53,60H,9,15,17-22,26-28H2,1-8H3/t31?,32?,41?,42?,43-,47-,48-,49+,50+/m1/s1. The van der Waals surface area contributed by atoms with E-state index in [1.807, 2.05) is 61.4 Å². The molecule has 5 unspecified atom stereocenters. The molecule has 2 bridgehead atoms. The lowest BCUT2D eigenvalue weighted by atomic mass is 9.47. The Labute approximate surface area is 378 Å². The van der Waals surface area contributed by atoms with Crippen molar-refractivity contribution in [1.82, 2.24) is 14.8 Å². The summed E-state index contributed by atoms with van der Waals surface area (Å²) in [4.78, 5) is 53.1. The molecule has 1 aliphatic carbocycles. The molecule has 1 saturated carbocycles. The summed E-state index contributed by atoms with van der Waals surface area (Å²) in [5.74, 6) is 0.131. The lowest BCUT2D eigenvalue weighted by Gasteiger charge is -2.63. The number of fused-ring (bicyclic) bond motifs is 6. The molecule has 2 N–H and O–H groups in total. The Morgan fingerprint density at radius 3 is 2.46 bits per heavy atom. The van der Waals surface area contributed by atoms with Crippen LogP contribution in [-0.4, -0.2) is 142 Å². The number of H-pyrrole nitrogens is 1. The predicted molar refractivity (Wildman–Crippen MR) is 238 cm³/mol. The number of alkyl halides is 2. The third-order valence-corrected chi connectivity index (χ3v) is 16.1. The fourth-order valence-electron chi connectivity index (χ4n) is 13.8. The number of benzene rings is 2. The summed E-state index contributed by atoms with van der Waals surface area (Å²) in [7, 11) is 7.51. The Kier molecular flexibility index (Phi) is 11.2. The third-order valence-electron chi connectivity index (χ3n) is 16.1. The smallest absolute Gasteiger partial charge is 0.344 e. The second kappa shape index (κ2) is 16.1. The van der Waals surface area contributed by atoms with Crippen molar-refractivity contribution in [2.75, 3.05) is 79.7 Å². The Bertz CT molecular complexity index is 2530. The Morgan fingerprint density at radius 2 is 1.78 bits per heavy atom. The van der Waals surface area contributed by atoms with Crippen molar-refractivity contribution >= 4 is 34.5 Å². The largest absolute Gasteiger partial charge is 0.496 e. The first kappa shape index (κ1) is 45.2. The maximum absolute atomic E-state index is 15.5. The van der Waals surface area contributed by atoms with Crippen molar-refractivity contribution < 1.29 is 52.0 Å². The Morgan fingerprint density at radius 1 is 1.02 bits per heavy atom. The number of ether oxygens (including phenoxy) is 5. The van der Waals surface area contributed by atoms with Gasteiger partial charge in [-0.15, -0.1) is 0 Å². The molecule has 9 rings (SSSR count). The molecule has 2 aromatic carbocycles. The maximum atomic E-state index is 15.5. The number of aliphatic hydroxyl groups is 1. The highest BCUT2D eigenvalue weighted by molar-refractivity contribution is 5.95. The molecule has 5 aliphatic heterocycles. The van der Waals surface area contributed by atoms with Gasteiger partial charge in [0.05, 0.1) is 27.4 Å². The molecule has 65 heavy (non-hydrogen) atoms. The first-order valence-electron chi connectivity index (χ1n) is 22.7. The van der Waals surface area contributed by atoms with Crippen LogP contribution in [0.25, 0.3) is 10.9 Å². The molecule has 3 aromatic rings. The van der Waals surface area contributed by atoms with E-state index < -0.39 is 63.7 Å². The number of halogens is 2. The van der Waals surface area contributed by atoms with Gasteiger partial charge in [-0.1, -0.05) is 30.9 Å². The number of aromatic amines is 1. The highest BCUT2D eigenvalue weighted by atomic mass is 19.3. The summed E-state index contributed by atoms with van der Waals surface area (Å²) in [6.07, 6.45) is 4.34. The van der Waals surface area contributed by atoms with E-state index in [0.29, 0.717) is 68.1 Å². The zero-order valence-corrected chi connectivity index (χ0v) is 38.5. The number of rotatable bonds is 8. The number of anilines is 1. The minimum absolute atomic E-state index is 0.113.